The van der Waals surface area contributed by atoms with Crippen LogP contribution in [0.5, 0.6) is 0 Å². The van der Waals surface area contributed by atoms with Gasteiger partial charge in [0, 0.05) is 23.6 Å². The van der Waals surface area contributed by atoms with E-state index in [9.17, 15) is 4.79 Å². The zero-order valence-corrected chi connectivity index (χ0v) is 12.3. The molecule has 1 heterocycles. The minimum atomic E-state index is -0.279. The normalized spacial score (nSPS) is 25.1. The topological polar surface area (TPSA) is 46.3 Å². The van der Waals surface area contributed by atoms with Gasteiger partial charge < -0.3 is 10.6 Å². The van der Waals surface area contributed by atoms with Crippen LogP contribution in [0.3, 0.4) is 0 Å². The van der Waals surface area contributed by atoms with Gasteiger partial charge in [-0.15, -0.1) is 0 Å². The Morgan fingerprint density at radius 1 is 1.39 bits per heavy atom. The molecule has 4 heteroatoms. The van der Waals surface area contributed by atoms with E-state index in [-0.39, 0.29) is 11.9 Å². The second-order valence-electron chi connectivity index (χ2n) is 5.75. The second kappa shape index (κ2) is 6.29. The number of carbonyl (C=O) groups is 1. The molecule has 0 bridgehead atoms. The molecular formula is C14H26N2OS. The Bertz CT molecular complexity index is 284. The second-order valence-corrected chi connectivity index (χ2v) is 7.31. The van der Waals surface area contributed by atoms with Gasteiger partial charge in [-0.1, -0.05) is 32.6 Å². The lowest BCUT2D eigenvalue weighted by molar-refractivity contribution is -0.133. The lowest BCUT2D eigenvalue weighted by Gasteiger charge is -2.45. The maximum atomic E-state index is 12.3. The lowest BCUT2D eigenvalue weighted by atomic mass is 9.87. The van der Waals surface area contributed by atoms with E-state index in [4.69, 9.17) is 5.73 Å². The van der Waals surface area contributed by atoms with E-state index in [0.717, 1.165) is 31.7 Å². The van der Waals surface area contributed by atoms with Crippen molar-refractivity contribution in [2.24, 2.45) is 5.73 Å². The zero-order chi connectivity index (χ0) is 13.0. The highest BCUT2D eigenvalue weighted by molar-refractivity contribution is 8.00. The van der Waals surface area contributed by atoms with E-state index in [0.29, 0.717) is 4.75 Å². The smallest absolute Gasteiger partial charge is 0.239 e. The van der Waals surface area contributed by atoms with E-state index < -0.39 is 0 Å². The Hall–Kier alpha value is -0.220. The van der Waals surface area contributed by atoms with Crippen molar-refractivity contribution < 1.29 is 4.79 Å². The quantitative estimate of drug-likeness (QED) is 0.856. The number of rotatable bonds is 3. The Balaban J connectivity index is 1.95. The van der Waals surface area contributed by atoms with Gasteiger partial charge in [-0.25, -0.2) is 0 Å². The van der Waals surface area contributed by atoms with E-state index in [1.54, 1.807) is 0 Å². The monoisotopic (exact) mass is 270 g/mol. The first kappa shape index (κ1) is 14.2. The van der Waals surface area contributed by atoms with Gasteiger partial charge in [0.1, 0.15) is 0 Å². The molecule has 1 amide bonds. The summed E-state index contributed by atoms with van der Waals surface area (Å²) in [6.45, 7) is 3.92. The minimum absolute atomic E-state index is 0.182. The Morgan fingerprint density at radius 3 is 2.78 bits per heavy atom. The van der Waals surface area contributed by atoms with E-state index in [1.165, 1.54) is 32.1 Å². The van der Waals surface area contributed by atoms with Crippen molar-refractivity contribution >= 4 is 17.7 Å². The Labute approximate surface area is 115 Å². The zero-order valence-electron chi connectivity index (χ0n) is 11.5. The summed E-state index contributed by atoms with van der Waals surface area (Å²) in [5.41, 5.74) is 5.98. The number of amides is 1. The molecule has 1 spiro atoms. The largest absolute Gasteiger partial charge is 0.339 e. The van der Waals surface area contributed by atoms with Gasteiger partial charge in [0.05, 0.1) is 6.04 Å². The summed E-state index contributed by atoms with van der Waals surface area (Å²) in [6, 6.07) is -0.279. The molecule has 18 heavy (non-hydrogen) atoms. The van der Waals surface area contributed by atoms with Crippen LogP contribution in [0.15, 0.2) is 0 Å². The molecule has 1 aliphatic heterocycles. The molecule has 1 saturated heterocycles. The van der Waals surface area contributed by atoms with E-state index >= 15 is 0 Å². The average molecular weight is 270 g/mol. The van der Waals surface area contributed by atoms with Gasteiger partial charge in [0.2, 0.25) is 5.91 Å². The molecule has 1 unspecified atom stereocenters. The van der Waals surface area contributed by atoms with Crippen LogP contribution >= 0.6 is 11.8 Å². The molecule has 3 nitrogen and oxygen atoms in total. The molecule has 1 atom stereocenters. The van der Waals surface area contributed by atoms with E-state index in [2.05, 4.69) is 18.7 Å². The highest BCUT2D eigenvalue weighted by Crippen LogP contribution is 2.42. The molecular weight excluding hydrogens is 244 g/mol. The van der Waals surface area contributed by atoms with E-state index in [1.807, 2.05) is 4.90 Å². The first-order chi connectivity index (χ1) is 8.67. The molecule has 1 aliphatic carbocycles. The van der Waals surface area contributed by atoms with Crippen molar-refractivity contribution in [2.45, 2.75) is 62.7 Å². The van der Waals surface area contributed by atoms with Crippen LogP contribution < -0.4 is 5.73 Å². The Morgan fingerprint density at radius 2 is 2.11 bits per heavy atom. The molecule has 1 saturated carbocycles. The van der Waals surface area contributed by atoms with Crippen LogP contribution in [0.2, 0.25) is 0 Å². The third-order valence-corrected chi connectivity index (χ3v) is 5.78. The first-order valence-electron chi connectivity index (χ1n) is 7.35. The fraction of sp³-hybridized carbons (Fsp3) is 0.929. The fourth-order valence-corrected chi connectivity index (χ4v) is 4.77. The number of nitrogens with zero attached hydrogens (tertiary/aromatic N) is 1. The van der Waals surface area contributed by atoms with Crippen molar-refractivity contribution in [2.75, 3.05) is 18.8 Å². The summed E-state index contributed by atoms with van der Waals surface area (Å²) in [5, 5.41) is 0. The summed E-state index contributed by atoms with van der Waals surface area (Å²) >= 11 is 2.10. The molecule has 0 aromatic heterocycles. The first-order valence-corrected chi connectivity index (χ1v) is 8.34. The van der Waals surface area contributed by atoms with Gasteiger partial charge in [0.15, 0.2) is 0 Å². The van der Waals surface area contributed by atoms with Crippen LogP contribution in [0.4, 0.5) is 0 Å². The molecule has 104 valence electrons. The predicted octanol–water partition coefficient (Wildman–Crippen LogP) is 2.39. The van der Waals surface area contributed by atoms with Crippen LogP contribution in [0, 0.1) is 0 Å². The molecule has 0 aromatic rings. The SMILES string of the molecule is CCCC(N)C(=O)N1CCSC2(CCCCC2)C1. The number of hydrogen-bond acceptors (Lipinski definition) is 3. The molecule has 0 aromatic carbocycles. The highest BCUT2D eigenvalue weighted by Gasteiger charge is 2.39. The molecule has 0 radical (unpaired) electrons. The van der Waals surface area contributed by atoms with Crippen molar-refractivity contribution in [1.82, 2.24) is 4.90 Å². The maximum Gasteiger partial charge on any atom is 0.239 e. The summed E-state index contributed by atoms with van der Waals surface area (Å²) < 4.78 is 0.359. The van der Waals surface area contributed by atoms with Crippen LogP contribution in [0.1, 0.15) is 51.9 Å². The third kappa shape index (κ3) is 3.21. The van der Waals surface area contributed by atoms with Crippen molar-refractivity contribution in [3.8, 4) is 0 Å². The molecule has 2 N–H and O–H groups in total. The van der Waals surface area contributed by atoms with Gasteiger partial charge in [-0.3, -0.25) is 4.79 Å². The number of nitrogens with two attached hydrogens (primary N) is 1. The number of carbonyl (C=O) groups excluding carboxylic acids is 1. The van der Waals surface area contributed by atoms with Crippen molar-refractivity contribution in [3.05, 3.63) is 0 Å². The average Bonchev–Trinajstić information content (AvgIpc) is 2.39. The van der Waals surface area contributed by atoms with Gasteiger partial charge >= 0.3 is 0 Å². The van der Waals surface area contributed by atoms with Crippen molar-refractivity contribution in [1.29, 1.82) is 0 Å². The molecule has 2 aliphatic rings. The van der Waals surface area contributed by atoms with Gasteiger partial charge in [-0.05, 0) is 19.3 Å². The standard InChI is InChI=1S/C14H26N2OS/c1-2-6-12(15)13(17)16-9-10-18-14(11-16)7-4-3-5-8-14/h12H,2-11,15H2,1H3. The van der Waals surface area contributed by atoms with Gasteiger partial charge in [-0.2, -0.15) is 11.8 Å². The van der Waals surface area contributed by atoms with Crippen LogP contribution in [-0.4, -0.2) is 40.4 Å². The summed E-state index contributed by atoms with van der Waals surface area (Å²) in [6.07, 6.45) is 8.39. The maximum absolute atomic E-state index is 12.3. The third-order valence-electron chi connectivity index (χ3n) is 4.24. The molecule has 2 fully saturated rings. The highest BCUT2D eigenvalue weighted by atomic mass is 32.2. The predicted molar refractivity (Wildman–Crippen MR) is 77.7 cm³/mol. The summed E-state index contributed by atoms with van der Waals surface area (Å²) in [4.78, 5) is 14.3. The Kier molecular flexibility index (Phi) is 4.96. The van der Waals surface area contributed by atoms with Gasteiger partial charge in [0.25, 0.3) is 0 Å². The minimum Gasteiger partial charge on any atom is -0.339 e. The fourth-order valence-electron chi connectivity index (χ4n) is 3.20. The van der Waals surface area contributed by atoms with Crippen molar-refractivity contribution in [3.63, 3.8) is 0 Å². The lowest BCUT2D eigenvalue weighted by Crippen LogP contribution is -2.54. The van der Waals surface area contributed by atoms with Crippen LogP contribution in [0.25, 0.3) is 0 Å². The summed E-state index contributed by atoms with van der Waals surface area (Å²) in [5.74, 6) is 1.27. The molecule has 2 rings (SSSR count). The van der Waals surface area contributed by atoms with Crippen LogP contribution in [-0.2, 0) is 4.79 Å². The number of thioether (sulfide) groups is 1. The number of hydrogen-bond donors (Lipinski definition) is 1. The summed E-state index contributed by atoms with van der Waals surface area (Å²) in [7, 11) is 0.